The van der Waals surface area contributed by atoms with Crippen LogP contribution in [-0.2, 0) is 24.5 Å². The zero-order chi connectivity index (χ0) is 83.5. The number of rotatable bonds is 20. The smallest absolute Gasteiger partial charge is 0.160 e. The first kappa shape index (κ1) is 119. The lowest BCUT2D eigenvalue weighted by Gasteiger charge is -2.34. The molecular formula is C74H108Cl8N24S8. The Labute approximate surface area is 756 Å². The van der Waals surface area contributed by atoms with Crippen molar-refractivity contribution in [2.75, 3.05) is 34.9 Å². The Hall–Kier alpha value is -6.32. The quantitative estimate of drug-likeness (QED) is 0.0169. The van der Waals surface area contributed by atoms with E-state index in [0.717, 1.165) is 104 Å². The van der Waals surface area contributed by atoms with Crippen LogP contribution in [0.1, 0.15) is 125 Å². The molecule has 628 valence electrons. The number of nitrogens with two attached hydrogens (primary N) is 12. The number of thiocarbonyl (C=S) groups is 4. The molecule has 6 saturated carbocycles. The minimum atomic E-state index is 0. The molecule has 0 saturated heterocycles. The average molecular weight is 1870 g/mol. The number of hydrogen-bond acceptors (Lipinski definition) is 20. The number of amidine groups is 4. The molecule has 6 aliphatic rings. The Morgan fingerprint density at radius 1 is 0.325 bits per heavy atom. The first-order valence-corrected chi connectivity index (χ1v) is 42.3. The van der Waals surface area contributed by atoms with Crippen LogP contribution in [0.3, 0.4) is 0 Å². The van der Waals surface area contributed by atoms with E-state index in [1.807, 2.05) is 72.8 Å². The second-order valence-corrected chi connectivity index (χ2v) is 33.0. The summed E-state index contributed by atoms with van der Waals surface area (Å²) >= 11 is 44.5. The summed E-state index contributed by atoms with van der Waals surface area (Å²) in [5.41, 5.74) is 62.3. The van der Waals surface area contributed by atoms with E-state index in [-0.39, 0.29) is 90.7 Å². The van der Waals surface area contributed by atoms with Gasteiger partial charge in [-0.3, -0.25) is 21.6 Å². The van der Waals surface area contributed by atoms with Crippen molar-refractivity contribution >= 4 is 255 Å². The normalized spacial score (nSPS) is 19.8. The van der Waals surface area contributed by atoms with Crippen molar-refractivity contribution in [3.05, 3.63) is 95.1 Å². The number of nitrogens with one attached hydrogen (secondary N) is 4. The maximum Gasteiger partial charge on any atom is 0.160 e. The third-order valence-corrected chi connectivity index (χ3v) is 22.4. The van der Waals surface area contributed by atoms with Gasteiger partial charge in [0.15, 0.2) is 41.1 Å². The number of thioether (sulfide) groups is 4. The van der Waals surface area contributed by atoms with Crippen molar-refractivity contribution in [3.8, 4) is 48.6 Å². The van der Waals surface area contributed by atoms with Crippen LogP contribution < -0.4 is 68.8 Å². The monoisotopic (exact) mass is 1870 g/mol. The summed E-state index contributed by atoms with van der Waals surface area (Å²) in [6.45, 7) is 0. The van der Waals surface area contributed by atoms with Crippen LogP contribution in [0.4, 0.5) is 0 Å². The van der Waals surface area contributed by atoms with Crippen LogP contribution in [0.25, 0.3) is 21.5 Å². The third kappa shape index (κ3) is 59.4. The molecule has 10 rings (SSSR count). The molecule has 8 atom stereocenters. The Morgan fingerprint density at radius 2 is 0.614 bits per heavy atom. The Morgan fingerprint density at radius 3 is 0.930 bits per heavy atom. The first-order valence-electron chi connectivity index (χ1n) is 34.6. The Balaban J connectivity index is -0.000000286. The molecule has 0 amide bonds. The fraction of sp³-hybridized carbons (Fsp3) is 0.514. The molecule has 28 N–H and O–H groups in total. The second kappa shape index (κ2) is 73.1. The molecule has 6 fully saturated rings. The van der Waals surface area contributed by atoms with E-state index in [0.29, 0.717) is 128 Å². The predicted molar refractivity (Wildman–Crippen MR) is 507 cm³/mol. The van der Waals surface area contributed by atoms with Gasteiger partial charge < -0.3 is 68.8 Å². The third-order valence-electron chi connectivity index (χ3n) is 17.4. The number of halogens is 8. The van der Waals surface area contributed by atoms with Crippen LogP contribution in [0.15, 0.2) is 72.8 Å². The number of nitriles is 8. The maximum atomic E-state index is 8.83. The summed E-state index contributed by atoms with van der Waals surface area (Å²) in [4.78, 5) is 0. The van der Waals surface area contributed by atoms with E-state index in [1.165, 1.54) is 92.0 Å². The summed E-state index contributed by atoms with van der Waals surface area (Å²) in [5, 5.41) is 101. The lowest BCUT2D eigenvalue weighted by molar-refractivity contribution is 0.205. The van der Waals surface area contributed by atoms with Crippen molar-refractivity contribution in [3.63, 3.8) is 0 Å². The van der Waals surface area contributed by atoms with E-state index in [1.54, 1.807) is 0 Å². The van der Waals surface area contributed by atoms with Gasteiger partial charge in [0.1, 0.15) is 0 Å². The molecule has 24 nitrogen and oxygen atoms in total. The summed E-state index contributed by atoms with van der Waals surface area (Å²) in [6.07, 6.45) is 16.8. The van der Waals surface area contributed by atoms with Gasteiger partial charge in [-0.1, -0.05) is 120 Å². The van der Waals surface area contributed by atoms with Crippen LogP contribution >= 0.6 is 192 Å². The topological polar surface area (TPSA) is 598 Å². The second-order valence-electron chi connectivity index (χ2n) is 25.7. The summed E-state index contributed by atoms with van der Waals surface area (Å²) < 4.78 is 0. The van der Waals surface area contributed by atoms with Crippen molar-refractivity contribution in [2.24, 2.45) is 140 Å². The van der Waals surface area contributed by atoms with Gasteiger partial charge in [-0.05, 0) is 228 Å². The van der Waals surface area contributed by atoms with Crippen molar-refractivity contribution in [2.45, 2.75) is 127 Å². The lowest BCUT2D eigenvalue weighted by Crippen LogP contribution is -2.28. The lowest BCUT2D eigenvalue weighted by atomic mass is 9.73. The van der Waals surface area contributed by atoms with Gasteiger partial charge in [0.2, 0.25) is 0 Å². The molecular weight excluding hydrogens is 1770 g/mol. The van der Waals surface area contributed by atoms with E-state index in [2.05, 4.69) is 143 Å². The van der Waals surface area contributed by atoms with Gasteiger partial charge in [-0.25, -0.2) is 0 Å². The average Bonchev–Trinajstić information content (AvgIpc) is 1.14. The van der Waals surface area contributed by atoms with Crippen molar-refractivity contribution in [1.82, 2.24) is 0 Å². The summed E-state index contributed by atoms with van der Waals surface area (Å²) in [7, 11) is 0. The minimum Gasteiger partial charge on any atom is -0.379 e. The fourth-order valence-corrected chi connectivity index (χ4v) is 15.3. The molecule has 0 aliphatic heterocycles. The van der Waals surface area contributed by atoms with Gasteiger partial charge in [0.05, 0.1) is 61.4 Å². The van der Waals surface area contributed by atoms with Crippen LogP contribution in [-0.4, -0.2) is 76.0 Å². The zero-order valence-electron chi connectivity index (χ0n) is 63.2. The molecule has 4 aromatic rings. The molecule has 8 unspecified atom stereocenters. The number of benzene rings is 4. The predicted octanol–water partition coefficient (Wildman–Crippen LogP) is 15.5. The van der Waals surface area contributed by atoms with Gasteiger partial charge in [-0.2, -0.15) is 42.1 Å². The Bertz CT molecular complexity index is 3800. The number of hydrogen-bond donors (Lipinski definition) is 16. The molecule has 0 heterocycles. The van der Waals surface area contributed by atoms with Crippen molar-refractivity contribution < 1.29 is 0 Å². The molecule has 4 aromatic carbocycles. The zero-order valence-corrected chi connectivity index (χ0v) is 76.0. The standard InChI is InChI=1S/C14H13N3S.C13H10ClN.2C8H13N3S.2C7H10ClN.C7H11N3S.C6H8ClN.4CH4N2S.4ClH/c15-8-7-10-5-6-11(9-18-14(16)17)13-4-2-1-3-12(10)13;14-9-11-6-5-10(7-8-15)12-3-1-2-4-13(11)12;9-2-1-6-3-7(4-6)5-12-8(10)11;9-4-3-6-1-2-7(6)5-12-8(10)11;8-5-7-3-6(4-7)1-2-9;8-5-7-2-1-6(7)3-4-9;8-2-1-5-3-6(5)4-11-7(9)10;7-4-6-3-5(6)1-2-8;4*2-1(3)4;;;;/h1-6H,7,9H2,(H3,16,17);1-6H,7,9H2;6-7H,1,3-5H2,(H3,10,11);6-7H,1-3,5H2,(H3,10,11);6-7H,1,3-5H2;6-7H,1-3,5H2;5-6H,1,3-4H2,(H3,9,10);5-6H,1,3-4H2;4*(H4,2,3,4);4*1H. The van der Waals surface area contributed by atoms with E-state index in [4.69, 9.17) is 133 Å². The maximum absolute atomic E-state index is 8.83. The molecule has 6 aliphatic carbocycles. The number of fused-ring (bicyclic) bond motifs is 2. The minimum absolute atomic E-state index is 0. The van der Waals surface area contributed by atoms with Crippen LogP contribution in [0.5, 0.6) is 0 Å². The molecule has 0 spiro atoms. The van der Waals surface area contributed by atoms with E-state index < -0.39 is 0 Å². The highest BCUT2D eigenvalue weighted by molar-refractivity contribution is 8.14. The highest BCUT2D eigenvalue weighted by Gasteiger charge is 2.37. The van der Waals surface area contributed by atoms with Gasteiger partial charge >= 0.3 is 0 Å². The molecule has 0 aromatic heterocycles. The summed E-state index contributed by atoms with van der Waals surface area (Å²) in [6, 6.07) is 41.5. The van der Waals surface area contributed by atoms with E-state index >= 15 is 0 Å². The molecule has 0 radical (unpaired) electrons. The number of alkyl halides is 4. The van der Waals surface area contributed by atoms with Crippen LogP contribution in [0, 0.1) is 183 Å². The Kier molecular flexibility index (Phi) is 76.0. The molecule has 114 heavy (non-hydrogen) atoms. The van der Waals surface area contributed by atoms with Gasteiger partial charge in [-0.15, -0.1) is 96.0 Å². The summed E-state index contributed by atoms with van der Waals surface area (Å²) in [5.74, 6) is 13.9. The molecule has 40 heteroatoms. The fourth-order valence-electron chi connectivity index (χ4n) is 11.1. The van der Waals surface area contributed by atoms with Gasteiger partial charge in [0, 0.05) is 85.1 Å². The largest absolute Gasteiger partial charge is 0.379 e. The van der Waals surface area contributed by atoms with E-state index in [9.17, 15) is 0 Å². The van der Waals surface area contributed by atoms with Crippen molar-refractivity contribution in [1.29, 1.82) is 63.7 Å². The highest BCUT2D eigenvalue weighted by atomic mass is 35.5. The number of nitrogens with zero attached hydrogens (tertiary/aromatic N) is 8. The first-order chi connectivity index (χ1) is 52.3. The molecule has 0 bridgehead atoms. The van der Waals surface area contributed by atoms with Gasteiger partial charge in [0.25, 0.3) is 0 Å². The SMILES string of the molecule is Cl.Cl.Cl.Cl.N#CCC1CC(CCl)C1.N#CCC1CC(CSC(=N)N)C1.N#CCC1CC1CCl.N#CCC1CC1CSC(=N)N.N#CCC1CCC1CCl.N#CCC1CCC1CSC(=N)N.N#CCc1ccc(CCl)c2ccccc12.N#CCc1ccc(CSC(=N)N)c2ccccc12.NC(N)=S.NC(N)=S.NC(N)=S.NC(N)=S. The van der Waals surface area contributed by atoms with Crippen LogP contribution in [0.2, 0.25) is 0 Å². The highest BCUT2D eigenvalue weighted by Crippen LogP contribution is 2.44.